The second kappa shape index (κ2) is 5.79. The minimum absolute atomic E-state index is 0.235. The molecule has 1 fully saturated rings. The van der Waals surface area contributed by atoms with Crippen LogP contribution in [-0.2, 0) is 14.3 Å². The van der Waals surface area contributed by atoms with Gasteiger partial charge in [0.15, 0.2) is 6.10 Å². The minimum Gasteiger partial charge on any atom is -0.479 e. The second-order valence-corrected chi connectivity index (χ2v) is 4.51. The lowest BCUT2D eigenvalue weighted by Gasteiger charge is -2.16. The van der Waals surface area contributed by atoms with Crippen molar-refractivity contribution in [2.75, 3.05) is 0 Å². The first-order valence-corrected chi connectivity index (χ1v) is 6.17. The molecule has 2 heterocycles. The zero-order valence-electron chi connectivity index (χ0n) is 10.6. The van der Waals surface area contributed by atoms with Crippen molar-refractivity contribution in [3.63, 3.8) is 0 Å². The van der Waals surface area contributed by atoms with Gasteiger partial charge in [0, 0.05) is 6.20 Å². The number of carbonyl (C=O) groups is 2. The Morgan fingerprint density at radius 2 is 2.16 bits per heavy atom. The fraction of sp³-hybridized carbons (Fsp3) is 0.462. The Kier molecular flexibility index (Phi) is 4.11. The first kappa shape index (κ1) is 13.5. The maximum absolute atomic E-state index is 11.9. The average molecular weight is 264 g/mol. The summed E-state index contributed by atoms with van der Waals surface area (Å²) in [6.45, 7) is 1.82. The van der Waals surface area contributed by atoms with Gasteiger partial charge in [-0.25, -0.2) is 4.79 Å². The molecule has 0 saturated carbocycles. The van der Waals surface area contributed by atoms with Gasteiger partial charge >= 0.3 is 5.97 Å². The number of hydrogen-bond acceptors (Lipinski definition) is 4. The van der Waals surface area contributed by atoms with Gasteiger partial charge in [-0.05, 0) is 31.9 Å². The highest BCUT2D eigenvalue weighted by atomic mass is 16.5. The molecule has 1 aromatic heterocycles. The Morgan fingerprint density at radius 1 is 1.42 bits per heavy atom. The van der Waals surface area contributed by atoms with E-state index in [0.29, 0.717) is 12.8 Å². The SMILES string of the molecule is C[C@@H](NC(=O)C1CCC(C(=O)O)O1)c1ccccn1. The van der Waals surface area contributed by atoms with Gasteiger partial charge in [0.25, 0.3) is 0 Å². The van der Waals surface area contributed by atoms with Gasteiger partial charge in [-0.3, -0.25) is 9.78 Å². The molecule has 2 rings (SSSR count). The molecule has 1 aliphatic rings. The number of carboxylic acid groups (broad SMARTS) is 1. The third kappa shape index (κ3) is 3.29. The van der Waals surface area contributed by atoms with Crippen LogP contribution in [0.4, 0.5) is 0 Å². The van der Waals surface area contributed by atoms with Gasteiger partial charge in [0.1, 0.15) is 6.10 Å². The second-order valence-electron chi connectivity index (χ2n) is 4.51. The quantitative estimate of drug-likeness (QED) is 0.843. The summed E-state index contributed by atoms with van der Waals surface area (Å²) in [4.78, 5) is 26.8. The smallest absolute Gasteiger partial charge is 0.332 e. The van der Waals surface area contributed by atoms with Gasteiger partial charge in [0.05, 0.1) is 11.7 Å². The van der Waals surface area contributed by atoms with Crippen molar-refractivity contribution in [1.82, 2.24) is 10.3 Å². The van der Waals surface area contributed by atoms with Crippen LogP contribution in [0.15, 0.2) is 24.4 Å². The van der Waals surface area contributed by atoms with Crippen molar-refractivity contribution in [1.29, 1.82) is 0 Å². The summed E-state index contributed by atoms with van der Waals surface area (Å²) in [6.07, 6.45) is 0.890. The van der Waals surface area contributed by atoms with Crippen molar-refractivity contribution in [3.05, 3.63) is 30.1 Å². The summed E-state index contributed by atoms with van der Waals surface area (Å²) in [5.41, 5.74) is 0.753. The number of carboxylic acids is 1. The number of aromatic nitrogens is 1. The molecule has 1 aliphatic heterocycles. The highest BCUT2D eigenvalue weighted by Gasteiger charge is 2.35. The predicted octanol–water partition coefficient (Wildman–Crippen LogP) is 0.891. The van der Waals surface area contributed by atoms with Crippen molar-refractivity contribution < 1.29 is 19.4 Å². The predicted molar refractivity (Wildman–Crippen MR) is 66.3 cm³/mol. The number of nitrogens with one attached hydrogen (secondary N) is 1. The lowest BCUT2D eigenvalue weighted by atomic mass is 10.1. The highest BCUT2D eigenvalue weighted by molar-refractivity contribution is 5.82. The zero-order chi connectivity index (χ0) is 13.8. The van der Waals surface area contributed by atoms with Gasteiger partial charge in [-0.1, -0.05) is 6.07 Å². The monoisotopic (exact) mass is 264 g/mol. The Labute approximate surface area is 110 Å². The molecule has 0 radical (unpaired) electrons. The van der Waals surface area contributed by atoms with Crippen LogP contribution >= 0.6 is 0 Å². The Morgan fingerprint density at radius 3 is 2.74 bits per heavy atom. The third-order valence-electron chi connectivity index (χ3n) is 3.08. The summed E-state index contributed by atoms with van der Waals surface area (Å²) in [7, 11) is 0. The van der Waals surface area contributed by atoms with E-state index in [0.717, 1.165) is 5.69 Å². The molecule has 1 aromatic rings. The van der Waals surface area contributed by atoms with E-state index in [1.807, 2.05) is 19.1 Å². The van der Waals surface area contributed by atoms with E-state index in [9.17, 15) is 9.59 Å². The van der Waals surface area contributed by atoms with Crippen LogP contribution < -0.4 is 5.32 Å². The molecule has 2 N–H and O–H groups in total. The summed E-state index contributed by atoms with van der Waals surface area (Å²) in [5.74, 6) is -1.31. The number of ether oxygens (including phenoxy) is 1. The topological polar surface area (TPSA) is 88.5 Å². The number of nitrogens with zero attached hydrogens (tertiary/aromatic N) is 1. The molecule has 1 saturated heterocycles. The number of aliphatic carboxylic acids is 1. The lowest BCUT2D eigenvalue weighted by Crippen LogP contribution is -2.37. The highest BCUT2D eigenvalue weighted by Crippen LogP contribution is 2.21. The number of carbonyl (C=O) groups excluding carboxylic acids is 1. The number of rotatable bonds is 4. The maximum atomic E-state index is 11.9. The van der Waals surface area contributed by atoms with Crippen molar-refractivity contribution in [2.24, 2.45) is 0 Å². The van der Waals surface area contributed by atoms with E-state index in [4.69, 9.17) is 9.84 Å². The summed E-state index contributed by atoms with van der Waals surface area (Å²) in [6, 6.07) is 5.23. The van der Waals surface area contributed by atoms with Crippen LogP contribution in [0.1, 0.15) is 31.5 Å². The molecular weight excluding hydrogens is 248 g/mol. The summed E-state index contributed by atoms with van der Waals surface area (Å²) < 4.78 is 5.19. The van der Waals surface area contributed by atoms with Crippen LogP contribution in [0, 0.1) is 0 Å². The normalized spacial score (nSPS) is 23.8. The molecule has 0 aliphatic carbocycles. The van der Waals surface area contributed by atoms with E-state index in [1.54, 1.807) is 12.3 Å². The van der Waals surface area contributed by atoms with Gasteiger partial charge in [0.2, 0.25) is 5.91 Å². The van der Waals surface area contributed by atoms with E-state index < -0.39 is 18.2 Å². The van der Waals surface area contributed by atoms with Gasteiger partial charge < -0.3 is 15.2 Å². The van der Waals surface area contributed by atoms with E-state index >= 15 is 0 Å². The fourth-order valence-corrected chi connectivity index (χ4v) is 2.02. The molecule has 1 amide bonds. The summed E-state index contributed by atoms with van der Waals surface area (Å²) >= 11 is 0. The Balaban J connectivity index is 1.90. The van der Waals surface area contributed by atoms with Crippen LogP contribution in [0.3, 0.4) is 0 Å². The molecule has 19 heavy (non-hydrogen) atoms. The van der Waals surface area contributed by atoms with Crippen molar-refractivity contribution in [3.8, 4) is 0 Å². The molecule has 0 spiro atoms. The van der Waals surface area contributed by atoms with Crippen molar-refractivity contribution >= 4 is 11.9 Å². The molecule has 102 valence electrons. The van der Waals surface area contributed by atoms with Crippen LogP contribution in [-0.4, -0.2) is 34.2 Å². The first-order valence-electron chi connectivity index (χ1n) is 6.17. The van der Waals surface area contributed by atoms with E-state index in [2.05, 4.69) is 10.3 Å². The number of hydrogen-bond donors (Lipinski definition) is 2. The number of pyridine rings is 1. The molecule has 0 aromatic carbocycles. The van der Waals surface area contributed by atoms with Gasteiger partial charge in [-0.2, -0.15) is 0 Å². The van der Waals surface area contributed by atoms with Gasteiger partial charge in [-0.15, -0.1) is 0 Å². The number of amides is 1. The first-order chi connectivity index (χ1) is 9.08. The molecular formula is C13H16N2O4. The zero-order valence-corrected chi connectivity index (χ0v) is 10.6. The summed E-state index contributed by atoms with van der Waals surface area (Å²) in [5, 5.41) is 11.6. The lowest BCUT2D eigenvalue weighted by molar-refractivity contribution is -0.151. The fourth-order valence-electron chi connectivity index (χ4n) is 2.02. The minimum atomic E-state index is -1.02. The molecule has 3 atom stereocenters. The molecule has 6 heteroatoms. The van der Waals surface area contributed by atoms with E-state index in [1.165, 1.54) is 0 Å². The van der Waals surface area contributed by atoms with Crippen LogP contribution in [0.5, 0.6) is 0 Å². The van der Waals surface area contributed by atoms with Crippen LogP contribution in [0.25, 0.3) is 0 Å². The van der Waals surface area contributed by atoms with E-state index in [-0.39, 0.29) is 11.9 Å². The maximum Gasteiger partial charge on any atom is 0.332 e. The Bertz CT molecular complexity index is 463. The van der Waals surface area contributed by atoms with Crippen molar-refractivity contribution in [2.45, 2.75) is 38.0 Å². The molecule has 2 unspecified atom stereocenters. The molecule has 0 bridgehead atoms. The Hall–Kier alpha value is -1.95. The average Bonchev–Trinajstić information content (AvgIpc) is 2.89. The standard InChI is InChI=1S/C13H16N2O4/c1-8(9-4-2-3-7-14-9)15-12(16)10-5-6-11(19-10)13(17)18/h2-4,7-8,10-11H,5-6H2,1H3,(H,15,16)(H,17,18)/t8-,10?,11?/m1/s1. The van der Waals surface area contributed by atoms with Crippen LogP contribution in [0.2, 0.25) is 0 Å². The third-order valence-corrected chi connectivity index (χ3v) is 3.08. The largest absolute Gasteiger partial charge is 0.479 e. The molecule has 6 nitrogen and oxygen atoms in total.